The molecule has 0 spiro atoms. The van der Waals surface area contributed by atoms with E-state index in [0.717, 1.165) is 5.46 Å². The Hall–Kier alpha value is -4.18. The van der Waals surface area contributed by atoms with Gasteiger partial charge in [-0.2, -0.15) is 0 Å². The molecular weight excluding hydrogens is 511 g/mol. The maximum absolute atomic E-state index is 6.57. The second-order valence-corrected chi connectivity index (χ2v) is 12.7. The number of benzene rings is 6. The highest BCUT2D eigenvalue weighted by atomic mass is 16.7. The molecule has 2 nitrogen and oxygen atoms in total. The smallest absolute Gasteiger partial charge is 0.399 e. The summed E-state index contributed by atoms with van der Waals surface area (Å²) in [6, 6.07) is 46.8. The van der Waals surface area contributed by atoms with Gasteiger partial charge in [-0.25, -0.2) is 0 Å². The standard InChI is InChI=1S/C39H33BO2/c1-37(2)38(3,4)42-40(41-37)28-22-23-33-32-20-12-13-21-34(32)39(36(33)25-28,27-15-6-5-7-16-27)35-24-26-14-8-9-17-29(26)30-18-10-11-19-31(30)35/h5-25H,1-4H3. The first-order valence-electron chi connectivity index (χ1n) is 14.9. The van der Waals surface area contributed by atoms with Crippen LogP contribution in [0.5, 0.6) is 0 Å². The van der Waals surface area contributed by atoms with E-state index in [-0.39, 0.29) is 0 Å². The number of fused-ring (bicyclic) bond motifs is 6. The van der Waals surface area contributed by atoms with E-state index in [1.165, 1.54) is 54.9 Å². The molecule has 42 heavy (non-hydrogen) atoms. The van der Waals surface area contributed by atoms with Crippen molar-refractivity contribution in [2.75, 3.05) is 0 Å². The molecule has 0 saturated carbocycles. The van der Waals surface area contributed by atoms with Crippen molar-refractivity contribution < 1.29 is 9.31 Å². The van der Waals surface area contributed by atoms with Crippen molar-refractivity contribution in [1.29, 1.82) is 0 Å². The Labute approximate surface area is 248 Å². The maximum atomic E-state index is 6.57. The van der Waals surface area contributed by atoms with E-state index in [4.69, 9.17) is 9.31 Å². The van der Waals surface area contributed by atoms with Gasteiger partial charge >= 0.3 is 7.12 Å². The van der Waals surface area contributed by atoms with Gasteiger partial charge in [-0.15, -0.1) is 0 Å². The number of hydrogen-bond acceptors (Lipinski definition) is 2. The largest absolute Gasteiger partial charge is 0.494 e. The van der Waals surface area contributed by atoms with Gasteiger partial charge in [-0.05, 0) is 94.1 Å². The lowest BCUT2D eigenvalue weighted by molar-refractivity contribution is 0.00578. The fraction of sp³-hybridized carbons (Fsp3) is 0.179. The van der Waals surface area contributed by atoms with E-state index >= 15 is 0 Å². The fourth-order valence-electron chi connectivity index (χ4n) is 7.23. The van der Waals surface area contributed by atoms with Crippen molar-refractivity contribution in [3.05, 3.63) is 150 Å². The Bertz CT molecular complexity index is 1990. The average molecular weight is 545 g/mol. The van der Waals surface area contributed by atoms with Crippen molar-refractivity contribution in [1.82, 2.24) is 0 Å². The summed E-state index contributed by atoms with van der Waals surface area (Å²) in [6.07, 6.45) is 0. The maximum Gasteiger partial charge on any atom is 0.494 e. The zero-order valence-corrected chi connectivity index (χ0v) is 24.5. The molecule has 0 amide bonds. The first kappa shape index (κ1) is 25.5. The van der Waals surface area contributed by atoms with Crippen molar-refractivity contribution in [2.24, 2.45) is 0 Å². The van der Waals surface area contributed by atoms with Crippen LogP contribution in [0.3, 0.4) is 0 Å². The van der Waals surface area contributed by atoms with Gasteiger partial charge in [0.15, 0.2) is 0 Å². The molecule has 1 aliphatic carbocycles. The van der Waals surface area contributed by atoms with E-state index < -0.39 is 23.7 Å². The van der Waals surface area contributed by atoms with Crippen LogP contribution in [-0.4, -0.2) is 18.3 Å². The summed E-state index contributed by atoms with van der Waals surface area (Å²) in [5, 5.41) is 5.06. The van der Waals surface area contributed by atoms with Crippen LogP contribution in [0, 0.1) is 0 Å². The monoisotopic (exact) mass is 544 g/mol. The Balaban J connectivity index is 1.50. The molecule has 0 aromatic heterocycles. The first-order chi connectivity index (χ1) is 20.3. The molecule has 0 radical (unpaired) electrons. The lowest BCUT2D eigenvalue weighted by Gasteiger charge is -2.35. The van der Waals surface area contributed by atoms with Gasteiger partial charge < -0.3 is 9.31 Å². The number of hydrogen-bond donors (Lipinski definition) is 0. The molecule has 6 aromatic carbocycles. The van der Waals surface area contributed by atoms with Crippen LogP contribution < -0.4 is 5.46 Å². The van der Waals surface area contributed by atoms with Gasteiger partial charge in [0.05, 0.1) is 16.6 Å². The predicted octanol–water partition coefficient (Wildman–Crippen LogP) is 8.66. The Morgan fingerprint density at radius 1 is 0.476 bits per heavy atom. The third-order valence-electron chi connectivity index (χ3n) is 9.97. The fourth-order valence-corrected chi connectivity index (χ4v) is 7.23. The molecule has 1 aliphatic heterocycles. The van der Waals surface area contributed by atoms with E-state index in [9.17, 15) is 0 Å². The van der Waals surface area contributed by atoms with Gasteiger partial charge in [0, 0.05) is 0 Å². The van der Waals surface area contributed by atoms with Crippen molar-refractivity contribution in [3.8, 4) is 11.1 Å². The summed E-state index contributed by atoms with van der Waals surface area (Å²) in [7, 11) is -0.439. The van der Waals surface area contributed by atoms with E-state index in [0.29, 0.717) is 0 Å². The quantitative estimate of drug-likeness (QED) is 0.164. The van der Waals surface area contributed by atoms with E-state index in [1.54, 1.807) is 0 Å². The Morgan fingerprint density at radius 2 is 1.07 bits per heavy atom. The topological polar surface area (TPSA) is 18.5 Å². The third-order valence-corrected chi connectivity index (χ3v) is 9.97. The third kappa shape index (κ3) is 3.41. The lowest BCUT2D eigenvalue weighted by Crippen LogP contribution is -2.41. The van der Waals surface area contributed by atoms with Crippen molar-refractivity contribution >= 4 is 34.1 Å². The van der Waals surface area contributed by atoms with E-state index in [1.807, 2.05) is 0 Å². The second kappa shape index (κ2) is 8.91. The van der Waals surface area contributed by atoms with Crippen LogP contribution in [0.25, 0.3) is 32.7 Å². The van der Waals surface area contributed by atoms with Gasteiger partial charge in [0.2, 0.25) is 0 Å². The van der Waals surface area contributed by atoms with Crippen LogP contribution in [0.15, 0.2) is 127 Å². The summed E-state index contributed by atoms with van der Waals surface area (Å²) >= 11 is 0. The molecule has 204 valence electrons. The predicted molar refractivity (Wildman–Crippen MR) is 174 cm³/mol. The molecule has 1 atom stereocenters. The van der Waals surface area contributed by atoms with Gasteiger partial charge in [0.1, 0.15) is 0 Å². The summed E-state index contributed by atoms with van der Waals surface area (Å²) in [4.78, 5) is 0. The molecule has 1 unspecified atom stereocenters. The van der Waals surface area contributed by atoms with Gasteiger partial charge in [-0.3, -0.25) is 0 Å². The Kier molecular flexibility index (Phi) is 5.42. The van der Waals surface area contributed by atoms with E-state index in [2.05, 4.69) is 155 Å². The highest BCUT2D eigenvalue weighted by Gasteiger charge is 2.53. The highest BCUT2D eigenvalue weighted by Crippen LogP contribution is 2.57. The van der Waals surface area contributed by atoms with Crippen LogP contribution in [-0.2, 0) is 14.7 Å². The summed E-state index contributed by atoms with van der Waals surface area (Å²) in [6.45, 7) is 8.47. The molecule has 1 heterocycles. The normalized spacial score (nSPS) is 20.1. The minimum atomic E-state index is -0.531. The molecule has 0 bridgehead atoms. The Morgan fingerprint density at radius 3 is 1.83 bits per heavy atom. The second-order valence-electron chi connectivity index (χ2n) is 12.7. The number of rotatable bonds is 3. The van der Waals surface area contributed by atoms with Crippen LogP contribution in [0.4, 0.5) is 0 Å². The van der Waals surface area contributed by atoms with Crippen LogP contribution in [0.2, 0.25) is 0 Å². The van der Waals surface area contributed by atoms with Crippen molar-refractivity contribution in [3.63, 3.8) is 0 Å². The summed E-state index contributed by atoms with van der Waals surface area (Å²) in [5.41, 5.74) is 7.33. The SMILES string of the molecule is CC1(C)OB(c2ccc3c(c2)C(c2ccccc2)(c2cc4ccccc4c4ccccc24)c2ccccc2-3)OC1(C)C. The highest BCUT2D eigenvalue weighted by molar-refractivity contribution is 6.62. The summed E-state index contributed by atoms with van der Waals surface area (Å²) < 4.78 is 13.1. The lowest BCUT2D eigenvalue weighted by atomic mass is 9.65. The zero-order chi connectivity index (χ0) is 28.7. The molecule has 6 aromatic rings. The minimum Gasteiger partial charge on any atom is -0.399 e. The zero-order valence-electron chi connectivity index (χ0n) is 24.5. The molecule has 8 rings (SSSR count). The van der Waals surface area contributed by atoms with Gasteiger partial charge in [0.25, 0.3) is 0 Å². The molecule has 3 heteroatoms. The minimum absolute atomic E-state index is 0.412. The molecule has 1 fully saturated rings. The molecule has 0 N–H and O–H groups in total. The molecular formula is C39H33BO2. The molecule has 2 aliphatic rings. The summed E-state index contributed by atoms with van der Waals surface area (Å²) in [5.74, 6) is 0. The average Bonchev–Trinajstić information content (AvgIpc) is 3.43. The first-order valence-corrected chi connectivity index (χ1v) is 14.9. The molecule has 1 saturated heterocycles. The van der Waals surface area contributed by atoms with Crippen molar-refractivity contribution in [2.45, 2.75) is 44.3 Å². The van der Waals surface area contributed by atoms with Crippen LogP contribution in [0.1, 0.15) is 49.9 Å². The van der Waals surface area contributed by atoms with Crippen LogP contribution >= 0.6 is 0 Å². The van der Waals surface area contributed by atoms with Gasteiger partial charge in [-0.1, -0.05) is 121 Å².